The molecule has 4 aromatic heterocycles. The Kier molecular flexibility index (Phi) is 7.20. The Morgan fingerprint density at radius 1 is 0.977 bits per heavy atom. The summed E-state index contributed by atoms with van der Waals surface area (Å²) in [7, 11) is 0. The highest BCUT2D eigenvalue weighted by Gasteiger charge is 2.30. The minimum Gasteiger partial charge on any atom is -0.449 e. The maximum absolute atomic E-state index is 13.8. The Morgan fingerprint density at radius 2 is 1.77 bits per heavy atom. The molecule has 7 rings (SSSR count). The molecule has 11 nitrogen and oxygen atoms in total. The number of ether oxygens (including phenoxy) is 1. The lowest BCUT2D eigenvalue weighted by atomic mass is 10.0. The minimum atomic E-state index is -0.758. The SMILES string of the molecule is O=C(Nc1cn2nc(-c3c(-c4ccc(F)cc4)ncn3C3CCN(C(=O)OCC4CC4)CC3)ccc2n1)c1ccnc(F)c1. The standard InChI is InChI=1S/C31H28F2N8O3/c32-22-5-3-20(4-6-22)28-29(40(18-35-28)23-10-13-39(14-11-23)31(43)44-17-19-1-2-19)24-7-8-27-36-26(16-41(27)38-24)37-30(42)21-9-12-34-25(33)15-21/h3-9,12,15-16,18-19,23H,1-2,10-11,13-14,17H2,(H,37,42). The number of benzene rings is 1. The highest BCUT2D eigenvalue weighted by molar-refractivity contribution is 6.03. The average molecular weight is 599 g/mol. The smallest absolute Gasteiger partial charge is 0.409 e. The highest BCUT2D eigenvalue weighted by atomic mass is 19.1. The van der Waals surface area contributed by atoms with Gasteiger partial charge in [0.15, 0.2) is 11.5 Å². The van der Waals surface area contributed by atoms with Crippen LogP contribution in [0.3, 0.4) is 0 Å². The van der Waals surface area contributed by atoms with E-state index >= 15 is 0 Å². The van der Waals surface area contributed by atoms with Crippen LogP contribution in [0, 0.1) is 17.7 Å². The number of halogens is 2. The van der Waals surface area contributed by atoms with Crippen molar-refractivity contribution in [2.75, 3.05) is 25.0 Å². The Bertz CT molecular complexity index is 1840. The van der Waals surface area contributed by atoms with Crippen LogP contribution in [-0.4, -0.2) is 65.7 Å². The van der Waals surface area contributed by atoms with Crippen LogP contribution in [0.5, 0.6) is 0 Å². The fourth-order valence-corrected chi connectivity index (χ4v) is 5.40. The van der Waals surface area contributed by atoms with Crippen LogP contribution in [0.15, 0.2) is 67.3 Å². The molecule has 0 atom stereocenters. The number of pyridine rings is 1. The van der Waals surface area contributed by atoms with Crippen LogP contribution < -0.4 is 5.32 Å². The fourth-order valence-electron chi connectivity index (χ4n) is 5.40. The summed E-state index contributed by atoms with van der Waals surface area (Å²) in [5, 5.41) is 7.46. The van der Waals surface area contributed by atoms with Gasteiger partial charge in [0.25, 0.3) is 5.91 Å². The van der Waals surface area contributed by atoms with Gasteiger partial charge in [0.05, 0.1) is 30.5 Å². The molecule has 2 fully saturated rings. The molecule has 0 unspecified atom stereocenters. The Hall–Kier alpha value is -5.20. The molecule has 1 N–H and O–H groups in total. The zero-order valence-electron chi connectivity index (χ0n) is 23.6. The molecular weight excluding hydrogens is 570 g/mol. The third kappa shape index (κ3) is 5.72. The number of carbonyl (C=O) groups excluding carboxylic acids is 2. The number of nitrogens with one attached hydrogen (secondary N) is 1. The number of nitrogens with zero attached hydrogens (tertiary/aromatic N) is 7. The number of amides is 2. The lowest BCUT2D eigenvalue weighted by molar-refractivity contribution is 0.0851. The molecule has 1 saturated carbocycles. The zero-order valence-corrected chi connectivity index (χ0v) is 23.6. The molecular formula is C31H28F2N8O3. The number of likely N-dealkylation sites (tertiary alicyclic amines) is 1. The van der Waals surface area contributed by atoms with Crippen LogP contribution in [-0.2, 0) is 4.74 Å². The van der Waals surface area contributed by atoms with E-state index in [0.717, 1.165) is 30.2 Å². The molecule has 5 heterocycles. The van der Waals surface area contributed by atoms with Crippen LogP contribution in [0.2, 0.25) is 0 Å². The van der Waals surface area contributed by atoms with Gasteiger partial charge < -0.3 is 19.5 Å². The molecule has 1 aromatic carbocycles. The summed E-state index contributed by atoms with van der Waals surface area (Å²) >= 11 is 0. The quantitative estimate of drug-likeness (QED) is 0.250. The van der Waals surface area contributed by atoms with Crippen molar-refractivity contribution < 1.29 is 23.1 Å². The lowest BCUT2D eigenvalue weighted by Gasteiger charge is -2.32. The van der Waals surface area contributed by atoms with Crippen LogP contribution >= 0.6 is 0 Å². The number of piperidine rings is 1. The van der Waals surface area contributed by atoms with Gasteiger partial charge in [0.1, 0.15) is 11.5 Å². The molecule has 1 aliphatic heterocycles. The van der Waals surface area contributed by atoms with Crippen molar-refractivity contribution in [3.05, 3.63) is 84.6 Å². The molecule has 13 heteroatoms. The van der Waals surface area contributed by atoms with E-state index in [1.165, 1.54) is 24.4 Å². The summed E-state index contributed by atoms with van der Waals surface area (Å²) in [5.41, 5.74) is 3.28. The monoisotopic (exact) mass is 598 g/mol. The molecule has 0 spiro atoms. The molecule has 5 aromatic rings. The van der Waals surface area contributed by atoms with Crippen molar-refractivity contribution in [3.63, 3.8) is 0 Å². The molecule has 224 valence electrons. The fraction of sp³-hybridized carbons (Fsp3) is 0.290. The number of fused-ring (bicyclic) bond motifs is 1. The van der Waals surface area contributed by atoms with Crippen molar-refractivity contribution in [1.82, 2.24) is 34.0 Å². The first-order valence-corrected chi connectivity index (χ1v) is 14.5. The molecule has 44 heavy (non-hydrogen) atoms. The topological polar surface area (TPSA) is 120 Å². The molecule has 1 saturated heterocycles. The maximum atomic E-state index is 13.8. The van der Waals surface area contributed by atoms with E-state index in [0.29, 0.717) is 55.5 Å². The number of anilines is 1. The first-order chi connectivity index (χ1) is 21.4. The van der Waals surface area contributed by atoms with Gasteiger partial charge in [-0.15, -0.1) is 0 Å². The summed E-state index contributed by atoms with van der Waals surface area (Å²) in [6.07, 6.45) is 7.92. The van der Waals surface area contributed by atoms with E-state index in [1.54, 1.807) is 40.1 Å². The second kappa shape index (κ2) is 11.5. The van der Waals surface area contributed by atoms with Crippen LogP contribution in [0.1, 0.15) is 42.1 Å². The van der Waals surface area contributed by atoms with Crippen molar-refractivity contribution in [2.45, 2.75) is 31.7 Å². The van der Waals surface area contributed by atoms with E-state index in [9.17, 15) is 18.4 Å². The first-order valence-electron chi connectivity index (χ1n) is 14.5. The first kappa shape index (κ1) is 27.6. The Balaban J connectivity index is 1.17. The second-order valence-electron chi connectivity index (χ2n) is 11.1. The summed E-state index contributed by atoms with van der Waals surface area (Å²) in [6.45, 7) is 1.59. The number of rotatable bonds is 7. The maximum Gasteiger partial charge on any atom is 0.409 e. The Labute approximate surface area is 250 Å². The molecule has 0 radical (unpaired) electrons. The number of carbonyl (C=O) groups is 2. The highest BCUT2D eigenvalue weighted by Crippen LogP contribution is 2.36. The summed E-state index contributed by atoms with van der Waals surface area (Å²) in [6, 6.07) is 12.2. The van der Waals surface area contributed by atoms with E-state index in [-0.39, 0.29) is 29.3 Å². The third-order valence-electron chi connectivity index (χ3n) is 7.96. The van der Waals surface area contributed by atoms with Gasteiger partial charge in [0, 0.05) is 42.5 Å². The van der Waals surface area contributed by atoms with E-state index < -0.39 is 11.9 Å². The summed E-state index contributed by atoms with van der Waals surface area (Å²) < 4.78 is 36.4. The Morgan fingerprint density at radius 3 is 2.52 bits per heavy atom. The van der Waals surface area contributed by atoms with Gasteiger partial charge in [-0.3, -0.25) is 4.79 Å². The van der Waals surface area contributed by atoms with Gasteiger partial charge >= 0.3 is 6.09 Å². The molecule has 2 amide bonds. The van der Waals surface area contributed by atoms with Crippen molar-refractivity contribution >= 4 is 23.5 Å². The second-order valence-corrected chi connectivity index (χ2v) is 11.1. The van der Waals surface area contributed by atoms with Gasteiger partial charge in [-0.25, -0.2) is 28.7 Å². The van der Waals surface area contributed by atoms with E-state index in [1.807, 2.05) is 6.07 Å². The predicted molar refractivity (Wildman–Crippen MR) is 156 cm³/mol. The van der Waals surface area contributed by atoms with E-state index in [4.69, 9.17) is 14.8 Å². The number of hydrogen-bond donors (Lipinski definition) is 1. The predicted octanol–water partition coefficient (Wildman–Crippen LogP) is 5.37. The zero-order chi connectivity index (χ0) is 30.2. The van der Waals surface area contributed by atoms with Crippen molar-refractivity contribution in [3.8, 4) is 22.6 Å². The van der Waals surface area contributed by atoms with Gasteiger partial charge in [0.2, 0.25) is 5.95 Å². The molecule has 2 aliphatic rings. The van der Waals surface area contributed by atoms with Crippen LogP contribution in [0.4, 0.5) is 19.4 Å². The van der Waals surface area contributed by atoms with E-state index in [2.05, 4.69) is 19.9 Å². The van der Waals surface area contributed by atoms with Crippen molar-refractivity contribution in [2.24, 2.45) is 5.92 Å². The number of aromatic nitrogens is 6. The largest absolute Gasteiger partial charge is 0.449 e. The van der Waals surface area contributed by atoms with Gasteiger partial charge in [-0.1, -0.05) is 0 Å². The third-order valence-corrected chi connectivity index (χ3v) is 7.96. The molecule has 0 bridgehead atoms. The van der Waals surface area contributed by atoms with Gasteiger partial charge in [-0.05, 0) is 74.1 Å². The normalized spacial score (nSPS) is 15.5. The minimum absolute atomic E-state index is 0.0371. The molecule has 1 aliphatic carbocycles. The lowest BCUT2D eigenvalue weighted by Crippen LogP contribution is -2.39. The average Bonchev–Trinajstić information content (AvgIpc) is 3.62. The van der Waals surface area contributed by atoms with Crippen molar-refractivity contribution in [1.29, 1.82) is 0 Å². The number of hydrogen-bond acceptors (Lipinski definition) is 7. The van der Waals surface area contributed by atoms with Crippen LogP contribution in [0.25, 0.3) is 28.3 Å². The summed E-state index contributed by atoms with van der Waals surface area (Å²) in [5.74, 6) is -0.891. The number of imidazole rings is 2. The summed E-state index contributed by atoms with van der Waals surface area (Å²) in [4.78, 5) is 39.6. The van der Waals surface area contributed by atoms with Gasteiger partial charge in [-0.2, -0.15) is 9.49 Å².